The summed E-state index contributed by atoms with van der Waals surface area (Å²) >= 11 is 0. The van der Waals surface area contributed by atoms with E-state index in [0.717, 1.165) is 22.4 Å². The summed E-state index contributed by atoms with van der Waals surface area (Å²) < 4.78 is 27.1. The molecule has 0 radical (unpaired) electrons. The second kappa shape index (κ2) is 5.62. The van der Waals surface area contributed by atoms with Gasteiger partial charge < -0.3 is 5.73 Å². The van der Waals surface area contributed by atoms with Gasteiger partial charge in [0.1, 0.15) is 0 Å². The van der Waals surface area contributed by atoms with E-state index in [1.807, 2.05) is 42.5 Å². The summed E-state index contributed by atoms with van der Waals surface area (Å²) in [6, 6.07) is 17.4. The van der Waals surface area contributed by atoms with Crippen LogP contribution in [-0.2, 0) is 6.42 Å². The van der Waals surface area contributed by atoms with Gasteiger partial charge in [-0.25, -0.2) is 8.78 Å². The van der Waals surface area contributed by atoms with Gasteiger partial charge in [0.2, 0.25) is 0 Å². The second-order valence-electron chi connectivity index (χ2n) is 5.09. The molecule has 0 aliphatic heterocycles. The van der Waals surface area contributed by atoms with Crippen LogP contribution in [-0.4, -0.2) is 0 Å². The second-order valence-corrected chi connectivity index (χ2v) is 5.09. The van der Waals surface area contributed by atoms with Crippen LogP contribution in [0.1, 0.15) is 17.2 Å². The molecule has 1 nitrogen and oxygen atoms in total. The lowest BCUT2D eigenvalue weighted by atomic mass is 9.95. The van der Waals surface area contributed by atoms with Crippen molar-refractivity contribution in [1.82, 2.24) is 0 Å². The Morgan fingerprint density at radius 2 is 1.57 bits per heavy atom. The molecule has 3 rings (SSSR count). The van der Waals surface area contributed by atoms with Crippen LogP contribution in [0.15, 0.2) is 60.7 Å². The van der Waals surface area contributed by atoms with Gasteiger partial charge in [-0.1, -0.05) is 54.6 Å². The molecule has 0 fully saturated rings. The average Bonchev–Trinajstić information content (AvgIpc) is 2.50. The van der Waals surface area contributed by atoms with Gasteiger partial charge in [0, 0.05) is 11.6 Å². The Morgan fingerprint density at radius 1 is 0.857 bits per heavy atom. The van der Waals surface area contributed by atoms with E-state index in [2.05, 4.69) is 0 Å². The lowest BCUT2D eigenvalue weighted by Gasteiger charge is -2.15. The smallest absolute Gasteiger partial charge is 0.163 e. The molecule has 0 heterocycles. The number of halogens is 2. The molecule has 0 aromatic heterocycles. The van der Waals surface area contributed by atoms with E-state index in [0.29, 0.717) is 6.42 Å². The van der Waals surface area contributed by atoms with Crippen LogP contribution in [0.4, 0.5) is 8.78 Å². The summed E-state index contributed by atoms with van der Waals surface area (Å²) in [5.41, 5.74) is 7.32. The molecule has 0 aliphatic rings. The highest BCUT2D eigenvalue weighted by atomic mass is 19.2. The van der Waals surface area contributed by atoms with Crippen molar-refractivity contribution in [2.45, 2.75) is 12.5 Å². The molecular weight excluding hydrogens is 268 g/mol. The zero-order valence-corrected chi connectivity index (χ0v) is 11.4. The highest BCUT2D eigenvalue weighted by Gasteiger charge is 2.15. The third-order valence-corrected chi connectivity index (χ3v) is 3.70. The summed E-state index contributed by atoms with van der Waals surface area (Å²) in [5, 5.41) is 2.20. The van der Waals surface area contributed by atoms with E-state index in [4.69, 9.17) is 5.73 Å². The van der Waals surface area contributed by atoms with Crippen LogP contribution in [0, 0.1) is 11.6 Å². The first-order chi connectivity index (χ1) is 10.2. The molecular formula is C18H15F2N. The van der Waals surface area contributed by atoms with Crippen LogP contribution >= 0.6 is 0 Å². The van der Waals surface area contributed by atoms with E-state index >= 15 is 0 Å². The molecule has 1 unspecified atom stereocenters. The SMILES string of the molecule is NC(Cc1cccc2ccccc12)c1cccc(F)c1F. The van der Waals surface area contributed by atoms with Crippen molar-refractivity contribution in [2.24, 2.45) is 5.73 Å². The lowest BCUT2D eigenvalue weighted by Crippen LogP contribution is -2.15. The normalized spacial score (nSPS) is 12.5. The van der Waals surface area contributed by atoms with Gasteiger partial charge in [0.05, 0.1) is 0 Å². The van der Waals surface area contributed by atoms with Crippen molar-refractivity contribution in [3.05, 3.63) is 83.4 Å². The molecule has 0 saturated heterocycles. The number of nitrogens with two attached hydrogens (primary N) is 1. The topological polar surface area (TPSA) is 26.0 Å². The van der Waals surface area contributed by atoms with Crippen molar-refractivity contribution in [1.29, 1.82) is 0 Å². The molecule has 1 atom stereocenters. The Hall–Kier alpha value is -2.26. The molecule has 2 N–H and O–H groups in total. The Bertz CT molecular complexity index is 778. The third-order valence-electron chi connectivity index (χ3n) is 3.70. The number of hydrogen-bond donors (Lipinski definition) is 1. The number of benzene rings is 3. The Balaban J connectivity index is 1.97. The van der Waals surface area contributed by atoms with Gasteiger partial charge in [-0.05, 0) is 28.8 Å². The standard InChI is InChI=1S/C18H15F2N/c19-16-10-4-9-15(18(16)20)17(21)11-13-7-3-6-12-5-1-2-8-14(12)13/h1-10,17H,11,21H2. The molecule has 21 heavy (non-hydrogen) atoms. The number of hydrogen-bond acceptors (Lipinski definition) is 1. The highest BCUT2D eigenvalue weighted by molar-refractivity contribution is 5.85. The highest BCUT2D eigenvalue weighted by Crippen LogP contribution is 2.25. The lowest BCUT2D eigenvalue weighted by molar-refractivity contribution is 0.488. The first-order valence-corrected chi connectivity index (χ1v) is 6.83. The Morgan fingerprint density at radius 3 is 2.43 bits per heavy atom. The van der Waals surface area contributed by atoms with Crippen LogP contribution in [0.5, 0.6) is 0 Å². The van der Waals surface area contributed by atoms with Gasteiger partial charge in [-0.15, -0.1) is 0 Å². The van der Waals surface area contributed by atoms with Crippen LogP contribution in [0.3, 0.4) is 0 Å². The van der Waals surface area contributed by atoms with E-state index in [1.54, 1.807) is 0 Å². The summed E-state index contributed by atoms with van der Waals surface area (Å²) in [6.07, 6.45) is 0.460. The van der Waals surface area contributed by atoms with Crippen molar-refractivity contribution in [2.75, 3.05) is 0 Å². The van der Waals surface area contributed by atoms with Gasteiger partial charge in [-0.3, -0.25) is 0 Å². The maximum Gasteiger partial charge on any atom is 0.163 e. The van der Waals surface area contributed by atoms with Gasteiger partial charge >= 0.3 is 0 Å². The van der Waals surface area contributed by atoms with E-state index in [-0.39, 0.29) is 5.56 Å². The third kappa shape index (κ3) is 2.65. The van der Waals surface area contributed by atoms with Crippen molar-refractivity contribution >= 4 is 10.8 Å². The van der Waals surface area contributed by atoms with E-state index in [1.165, 1.54) is 12.1 Å². The summed E-state index contributed by atoms with van der Waals surface area (Å²) in [6.45, 7) is 0. The molecule has 0 bridgehead atoms. The first kappa shape index (κ1) is 13.7. The van der Waals surface area contributed by atoms with Gasteiger partial charge in [-0.2, -0.15) is 0 Å². The fourth-order valence-corrected chi connectivity index (χ4v) is 2.62. The van der Waals surface area contributed by atoms with E-state index < -0.39 is 17.7 Å². The van der Waals surface area contributed by atoms with Crippen molar-refractivity contribution in [3.8, 4) is 0 Å². The summed E-state index contributed by atoms with van der Waals surface area (Å²) in [5.74, 6) is -1.72. The maximum atomic E-state index is 13.8. The van der Waals surface area contributed by atoms with Crippen LogP contribution in [0.2, 0.25) is 0 Å². The minimum absolute atomic E-state index is 0.211. The van der Waals surface area contributed by atoms with Crippen LogP contribution < -0.4 is 5.73 Å². The monoisotopic (exact) mass is 283 g/mol. The van der Waals surface area contributed by atoms with Crippen LogP contribution in [0.25, 0.3) is 10.8 Å². The van der Waals surface area contributed by atoms with Gasteiger partial charge in [0.15, 0.2) is 11.6 Å². The van der Waals surface area contributed by atoms with E-state index in [9.17, 15) is 8.78 Å². The van der Waals surface area contributed by atoms with Crippen molar-refractivity contribution < 1.29 is 8.78 Å². The quantitative estimate of drug-likeness (QED) is 0.759. The molecule has 0 aliphatic carbocycles. The Labute approximate surface area is 122 Å². The average molecular weight is 283 g/mol. The fraction of sp³-hybridized carbons (Fsp3) is 0.111. The predicted octanol–water partition coefficient (Wildman–Crippen LogP) is 4.36. The molecule has 3 heteroatoms. The van der Waals surface area contributed by atoms with Gasteiger partial charge in [0.25, 0.3) is 0 Å². The first-order valence-electron chi connectivity index (χ1n) is 6.83. The minimum Gasteiger partial charge on any atom is -0.324 e. The number of rotatable bonds is 3. The predicted molar refractivity (Wildman–Crippen MR) is 80.9 cm³/mol. The fourth-order valence-electron chi connectivity index (χ4n) is 2.62. The molecule has 0 spiro atoms. The largest absolute Gasteiger partial charge is 0.324 e. The number of fused-ring (bicyclic) bond motifs is 1. The molecule has 0 saturated carbocycles. The summed E-state index contributed by atoms with van der Waals surface area (Å²) in [7, 11) is 0. The zero-order valence-electron chi connectivity index (χ0n) is 11.4. The molecule has 3 aromatic rings. The minimum atomic E-state index is -0.860. The maximum absolute atomic E-state index is 13.8. The zero-order chi connectivity index (χ0) is 14.8. The summed E-state index contributed by atoms with van der Waals surface area (Å²) in [4.78, 5) is 0. The molecule has 0 amide bonds. The van der Waals surface area contributed by atoms with Crippen molar-refractivity contribution in [3.63, 3.8) is 0 Å². The molecule has 106 valence electrons. The molecule has 3 aromatic carbocycles. The Kier molecular flexibility index (Phi) is 3.67.